The normalized spacial score (nSPS) is 14.0. The molecular formula is C25H26FN3O4S. The number of carbonyl (C=O) groups excluding carboxylic acids is 1. The number of rotatable bonds is 7. The van der Waals surface area contributed by atoms with Gasteiger partial charge in [0.15, 0.2) is 0 Å². The van der Waals surface area contributed by atoms with Crippen LogP contribution < -0.4 is 9.62 Å². The Morgan fingerprint density at radius 1 is 1.03 bits per heavy atom. The van der Waals surface area contributed by atoms with Crippen molar-refractivity contribution in [3.05, 3.63) is 89.7 Å². The quantitative estimate of drug-likeness (QED) is 0.554. The van der Waals surface area contributed by atoms with Crippen molar-refractivity contribution in [3.63, 3.8) is 0 Å². The van der Waals surface area contributed by atoms with Gasteiger partial charge in [0.25, 0.3) is 15.9 Å². The Balaban J connectivity index is 1.44. The maximum Gasteiger partial charge on any atom is 0.262 e. The molecule has 1 heterocycles. The second-order valence-electron chi connectivity index (χ2n) is 8.04. The fourth-order valence-corrected chi connectivity index (χ4v) is 4.86. The minimum absolute atomic E-state index is 0.120. The minimum atomic E-state index is -4.07. The zero-order valence-electron chi connectivity index (χ0n) is 18.8. The highest BCUT2D eigenvalue weighted by Gasteiger charge is 2.20. The number of anilines is 2. The molecule has 0 radical (unpaired) electrons. The average molecular weight is 484 g/mol. The van der Waals surface area contributed by atoms with Crippen molar-refractivity contribution in [2.45, 2.75) is 11.4 Å². The first-order valence-corrected chi connectivity index (χ1v) is 12.4. The molecule has 34 heavy (non-hydrogen) atoms. The van der Waals surface area contributed by atoms with Crippen LogP contribution in [0, 0.1) is 5.82 Å². The highest BCUT2D eigenvalue weighted by Crippen LogP contribution is 2.21. The number of benzene rings is 3. The molecule has 0 unspecified atom stereocenters. The summed E-state index contributed by atoms with van der Waals surface area (Å²) in [5, 5.41) is 0. The topological polar surface area (TPSA) is 79.0 Å². The van der Waals surface area contributed by atoms with Crippen LogP contribution in [0.5, 0.6) is 0 Å². The molecule has 0 aromatic heterocycles. The van der Waals surface area contributed by atoms with Crippen molar-refractivity contribution < 1.29 is 22.3 Å². The molecule has 1 fully saturated rings. The summed E-state index contributed by atoms with van der Waals surface area (Å²) < 4.78 is 47.0. The molecule has 178 valence electrons. The number of halogens is 1. The van der Waals surface area contributed by atoms with Crippen molar-refractivity contribution in [1.29, 1.82) is 0 Å². The maximum atomic E-state index is 13.9. The second kappa shape index (κ2) is 10.2. The van der Waals surface area contributed by atoms with Gasteiger partial charge in [0.05, 0.1) is 23.8 Å². The smallest absolute Gasteiger partial charge is 0.262 e. The van der Waals surface area contributed by atoms with E-state index in [0.717, 1.165) is 24.3 Å². The van der Waals surface area contributed by atoms with Gasteiger partial charge >= 0.3 is 0 Å². The summed E-state index contributed by atoms with van der Waals surface area (Å²) in [5.41, 5.74) is 2.14. The predicted molar refractivity (Wildman–Crippen MR) is 129 cm³/mol. The first-order valence-electron chi connectivity index (χ1n) is 10.9. The van der Waals surface area contributed by atoms with Crippen molar-refractivity contribution in [2.75, 3.05) is 43.0 Å². The van der Waals surface area contributed by atoms with Gasteiger partial charge in [-0.25, -0.2) is 12.8 Å². The Kier molecular flexibility index (Phi) is 7.14. The van der Waals surface area contributed by atoms with E-state index < -0.39 is 15.8 Å². The third kappa shape index (κ3) is 5.55. The standard InChI is InChI=1S/C25H26FN3O4S/c1-28(18-19-9-11-21(12-10-19)29-13-15-33-16-14-29)25(30)20-5-4-6-22(17-20)34(31,32)27-24-8-3-2-7-23(24)26/h2-12,17,27H,13-16,18H2,1H3. The molecule has 3 aromatic rings. The van der Waals surface area contributed by atoms with Crippen LogP contribution in [0.15, 0.2) is 77.7 Å². The van der Waals surface area contributed by atoms with E-state index in [9.17, 15) is 17.6 Å². The highest BCUT2D eigenvalue weighted by molar-refractivity contribution is 7.92. The summed E-state index contributed by atoms with van der Waals surface area (Å²) in [7, 11) is -2.40. The third-order valence-electron chi connectivity index (χ3n) is 5.59. The molecular weight excluding hydrogens is 457 g/mol. The van der Waals surface area contributed by atoms with Gasteiger partial charge in [-0.1, -0.05) is 30.3 Å². The maximum absolute atomic E-state index is 13.9. The summed E-state index contributed by atoms with van der Waals surface area (Å²) in [6.07, 6.45) is 0. The van der Waals surface area contributed by atoms with Crippen LogP contribution in [0.25, 0.3) is 0 Å². The Bertz CT molecular complexity index is 1260. The van der Waals surface area contributed by atoms with E-state index in [4.69, 9.17) is 4.74 Å². The first-order chi connectivity index (χ1) is 16.3. The minimum Gasteiger partial charge on any atom is -0.378 e. The lowest BCUT2D eigenvalue weighted by atomic mass is 10.1. The molecule has 0 atom stereocenters. The molecule has 0 bridgehead atoms. The molecule has 4 rings (SSSR count). The number of para-hydroxylation sites is 1. The van der Waals surface area contributed by atoms with Crippen LogP contribution in [0.1, 0.15) is 15.9 Å². The van der Waals surface area contributed by atoms with Gasteiger partial charge in [-0.3, -0.25) is 9.52 Å². The van der Waals surface area contributed by atoms with Crippen molar-refractivity contribution >= 4 is 27.3 Å². The van der Waals surface area contributed by atoms with E-state index in [1.165, 1.54) is 47.4 Å². The van der Waals surface area contributed by atoms with Gasteiger partial charge in [-0.2, -0.15) is 0 Å². The highest BCUT2D eigenvalue weighted by atomic mass is 32.2. The van der Waals surface area contributed by atoms with Crippen LogP contribution in [0.2, 0.25) is 0 Å². The van der Waals surface area contributed by atoms with Gasteiger partial charge < -0.3 is 14.5 Å². The average Bonchev–Trinajstić information content (AvgIpc) is 2.86. The lowest BCUT2D eigenvalue weighted by molar-refractivity contribution is 0.0785. The predicted octanol–water partition coefficient (Wildman–Crippen LogP) is 3.74. The van der Waals surface area contributed by atoms with Crippen molar-refractivity contribution in [3.8, 4) is 0 Å². The number of nitrogens with one attached hydrogen (secondary N) is 1. The molecule has 1 aliphatic heterocycles. The fourth-order valence-electron chi connectivity index (χ4n) is 3.74. The molecule has 1 amide bonds. The lowest BCUT2D eigenvalue weighted by Crippen LogP contribution is -2.36. The Morgan fingerprint density at radius 3 is 2.44 bits per heavy atom. The first kappa shape index (κ1) is 23.7. The summed E-state index contributed by atoms with van der Waals surface area (Å²) >= 11 is 0. The van der Waals surface area contributed by atoms with E-state index >= 15 is 0 Å². The number of hydrogen-bond acceptors (Lipinski definition) is 5. The summed E-state index contributed by atoms with van der Waals surface area (Å²) in [4.78, 5) is 16.6. The molecule has 0 saturated carbocycles. The molecule has 9 heteroatoms. The number of sulfonamides is 1. The van der Waals surface area contributed by atoms with Crippen molar-refractivity contribution in [1.82, 2.24) is 4.90 Å². The molecule has 7 nitrogen and oxygen atoms in total. The van der Waals surface area contributed by atoms with E-state index in [1.54, 1.807) is 13.1 Å². The molecule has 0 spiro atoms. The SMILES string of the molecule is CN(Cc1ccc(N2CCOCC2)cc1)C(=O)c1cccc(S(=O)(=O)Nc2ccccc2F)c1. The van der Waals surface area contributed by atoms with Crippen LogP contribution in [-0.4, -0.2) is 52.6 Å². The third-order valence-corrected chi connectivity index (χ3v) is 6.95. The van der Waals surface area contributed by atoms with Crippen LogP contribution >= 0.6 is 0 Å². The van der Waals surface area contributed by atoms with Gasteiger partial charge in [0.1, 0.15) is 5.82 Å². The molecule has 3 aromatic carbocycles. The Labute approximate surface area is 198 Å². The number of carbonyl (C=O) groups is 1. The number of amides is 1. The summed E-state index contributed by atoms with van der Waals surface area (Å²) in [5.74, 6) is -1.00. The molecule has 0 aliphatic carbocycles. The Hall–Kier alpha value is -3.43. The number of ether oxygens (including phenoxy) is 1. The molecule has 1 saturated heterocycles. The number of morpholine rings is 1. The van der Waals surface area contributed by atoms with E-state index in [1.807, 2.05) is 24.3 Å². The summed E-state index contributed by atoms with van der Waals surface area (Å²) in [6, 6.07) is 19.2. The molecule has 1 N–H and O–H groups in total. The van der Waals surface area contributed by atoms with Gasteiger partial charge in [-0.15, -0.1) is 0 Å². The van der Waals surface area contributed by atoms with E-state index in [0.29, 0.717) is 19.8 Å². The summed E-state index contributed by atoms with van der Waals surface area (Å²) in [6.45, 7) is 3.49. The van der Waals surface area contributed by atoms with Crippen LogP contribution in [0.3, 0.4) is 0 Å². The van der Waals surface area contributed by atoms with Crippen molar-refractivity contribution in [2.24, 2.45) is 0 Å². The second-order valence-corrected chi connectivity index (χ2v) is 9.72. The lowest BCUT2D eigenvalue weighted by Gasteiger charge is -2.29. The zero-order valence-corrected chi connectivity index (χ0v) is 19.6. The monoisotopic (exact) mass is 483 g/mol. The largest absolute Gasteiger partial charge is 0.378 e. The molecule has 1 aliphatic rings. The number of nitrogens with zero attached hydrogens (tertiary/aromatic N) is 2. The van der Waals surface area contributed by atoms with Crippen LogP contribution in [0.4, 0.5) is 15.8 Å². The zero-order chi connectivity index (χ0) is 24.1. The van der Waals surface area contributed by atoms with E-state index in [-0.39, 0.29) is 22.1 Å². The fraction of sp³-hybridized carbons (Fsp3) is 0.240. The van der Waals surface area contributed by atoms with Gasteiger partial charge in [-0.05, 0) is 48.0 Å². The van der Waals surface area contributed by atoms with Gasteiger partial charge in [0, 0.05) is 37.9 Å². The van der Waals surface area contributed by atoms with Gasteiger partial charge in [0.2, 0.25) is 0 Å². The van der Waals surface area contributed by atoms with E-state index in [2.05, 4.69) is 9.62 Å². The Morgan fingerprint density at radius 2 is 1.74 bits per heavy atom. The number of hydrogen-bond donors (Lipinski definition) is 1. The van der Waals surface area contributed by atoms with Crippen LogP contribution in [-0.2, 0) is 21.3 Å².